The van der Waals surface area contributed by atoms with Crippen LogP contribution in [-0.4, -0.2) is 61.3 Å². The fraction of sp³-hybridized carbons (Fsp3) is 0.765. The number of nitrogens with zero attached hydrogens (tertiary/aromatic N) is 3. The minimum atomic E-state index is -0.348. The monoisotopic (exact) mass is 334 g/mol. The van der Waals surface area contributed by atoms with Gasteiger partial charge >= 0.3 is 0 Å². The molecule has 4 rings (SSSR count). The maximum Gasteiger partial charge on any atom is 0.171 e. The molecule has 1 atom stereocenters. The van der Waals surface area contributed by atoms with Gasteiger partial charge in [0, 0.05) is 45.1 Å². The summed E-state index contributed by atoms with van der Waals surface area (Å²) in [5, 5.41) is 3.40. The second-order valence-electron chi connectivity index (χ2n) is 6.77. The Morgan fingerprint density at radius 2 is 2.00 bits per heavy atom. The Labute approximate surface area is 142 Å². The number of aromatic nitrogens is 2. The number of hydrogen-bond donors (Lipinski definition) is 1. The van der Waals surface area contributed by atoms with Gasteiger partial charge in [-0.05, 0) is 19.8 Å². The number of piperidine rings is 1. The lowest BCUT2D eigenvalue weighted by Crippen LogP contribution is -2.45. The van der Waals surface area contributed by atoms with E-state index in [0.717, 1.165) is 69.4 Å². The summed E-state index contributed by atoms with van der Waals surface area (Å²) < 4.78 is 17.3. The molecule has 0 radical (unpaired) electrons. The van der Waals surface area contributed by atoms with Gasteiger partial charge in [0.25, 0.3) is 0 Å². The van der Waals surface area contributed by atoms with Crippen molar-refractivity contribution >= 4 is 11.6 Å². The maximum atomic E-state index is 5.80. The average molecular weight is 334 g/mol. The molecule has 7 nitrogen and oxygen atoms in total. The van der Waals surface area contributed by atoms with Gasteiger partial charge in [0.05, 0.1) is 19.3 Å². The summed E-state index contributed by atoms with van der Waals surface area (Å²) in [6.07, 6.45) is 4.34. The Morgan fingerprint density at radius 3 is 2.71 bits per heavy atom. The molecule has 24 heavy (non-hydrogen) atoms. The summed E-state index contributed by atoms with van der Waals surface area (Å²) in [5.41, 5.74) is 0. The van der Waals surface area contributed by atoms with Crippen molar-refractivity contribution in [2.75, 3.05) is 49.7 Å². The van der Waals surface area contributed by atoms with Crippen LogP contribution in [-0.2, 0) is 14.2 Å². The summed E-state index contributed by atoms with van der Waals surface area (Å²) in [7, 11) is 0. The molecule has 0 bridgehead atoms. The van der Waals surface area contributed by atoms with Crippen LogP contribution in [0.4, 0.5) is 11.6 Å². The predicted octanol–water partition coefficient (Wildman–Crippen LogP) is 1.72. The largest absolute Gasteiger partial charge is 0.376 e. The molecule has 3 aliphatic rings. The van der Waals surface area contributed by atoms with E-state index in [-0.39, 0.29) is 5.79 Å². The molecule has 3 aliphatic heterocycles. The Bertz CT molecular complexity index is 561. The maximum absolute atomic E-state index is 5.80. The molecule has 0 saturated carbocycles. The van der Waals surface area contributed by atoms with E-state index in [1.165, 1.54) is 0 Å². The van der Waals surface area contributed by atoms with Crippen LogP contribution in [0, 0.1) is 6.92 Å². The fourth-order valence-electron chi connectivity index (χ4n) is 3.69. The third-order valence-corrected chi connectivity index (χ3v) is 5.02. The van der Waals surface area contributed by atoms with E-state index in [9.17, 15) is 0 Å². The Kier molecular flexibility index (Phi) is 4.56. The molecular weight excluding hydrogens is 308 g/mol. The Balaban J connectivity index is 1.39. The minimum Gasteiger partial charge on any atom is -0.376 e. The van der Waals surface area contributed by atoms with E-state index in [1.807, 2.05) is 13.0 Å². The standard InChI is InChI=1S/C17H26N4O3/c1-13-19-15(18-12-14-3-2-8-22-14)11-16(20-13)21-6-4-17(5-7-21)23-9-10-24-17/h11,14H,2-10,12H2,1H3,(H,18,19,20). The lowest BCUT2D eigenvalue weighted by Gasteiger charge is -2.38. The van der Waals surface area contributed by atoms with E-state index in [2.05, 4.69) is 20.2 Å². The first-order valence-corrected chi connectivity index (χ1v) is 8.96. The first-order valence-electron chi connectivity index (χ1n) is 8.96. The van der Waals surface area contributed by atoms with Crippen molar-refractivity contribution in [3.63, 3.8) is 0 Å². The van der Waals surface area contributed by atoms with Crippen LogP contribution in [0.5, 0.6) is 0 Å². The molecule has 1 aromatic heterocycles. The van der Waals surface area contributed by atoms with Gasteiger partial charge in [0.1, 0.15) is 17.5 Å². The normalized spacial score (nSPS) is 26.2. The first-order chi connectivity index (χ1) is 11.7. The number of hydrogen-bond acceptors (Lipinski definition) is 7. The Hall–Kier alpha value is -1.44. The van der Waals surface area contributed by atoms with Gasteiger partial charge in [0.15, 0.2) is 5.79 Å². The first kappa shape index (κ1) is 16.1. The summed E-state index contributed by atoms with van der Waals surface area (Å²) in [6.45, 7) is 6.83. The van der Waals surface area contributed by atoms with Crippen molar-refractivity contribution in [3.8, 4) is 0 Å². The number of rotatable bonds is 4. The molecular formula is C17H26N4O3. The number of ether oxygens (including phenoxy) is 3. The molecule has 132 valence electrons. The molecule has 1 N–H and O–H groups in total. The zero-order valence-corrected chi connectivity index (χ0v) is 14.3. The lowest BCUT2D eigenvalue weighted by atomic mass is 10.0. The zero-order valence-electron chi connectivity index (χ0n) is 14.3. The number of aryl methyl sites for hydroxylation is 1. The van der Waals surface area contributed by atoms with Crippen molar-refractivity contribution in [2.24, 2.45) is 0 Å². The highest BCUT2D eigenvalue weighted by Crippen LogP contribution is 2.33. The molecule has 1 aromatic rings. The van der Waals surface area contributed by atoms with Gasteiger partial charge in [-0.15, -0.1) is 0 Å². The molecule has 1 unspecified atom stereocenters. The van der Waals surface area contributed by atoms with Crippen molar-refractivity contribution in [2.45, 2.75) is 44.5 Å². The summed E-state index contributed by atoms with van der Waals surface area (Å²) >= 11 is 0. The van der Waals surface area contributed by atoms with Crippen LogP contribution in [0.1, 0.15) is 31.5 Å². The smallest absolute Gasteiger partial charge is 0.171 e. The van der Waals surface area contributed by atoms with Crippen molar-refractivity contribution in [3.05, 3.63) is 11.9 Å². The van der Waals surface area contributed by atoms with Crippen LogP contribution < -0.4 is 10.2 Å². The second kappa shape index (κ2) is 6.82. The minimum absolute atomic E-state index is 0.301. The van der Waals surface area contributed by atoms with Gasteiger partial charge in [-0.1, -0.05) is 0 Å². The van der Waals surface area contributed by atoms with Gasteiger partial charge < -0.3 is 24.4 Å². The van der Waals surface area contributed by atoms with Gasteiger partial charge in [-0.25, -0.2) is 9.97 Å². The van der Waals surface area contributed by atoms with Crippen molar-refractivity contribution in [1.82, 2.24) is 9.97 Å². The van der Waals surface area contributed by atoms with Gasteiger partial charge in [-0.2, -0.15) is 0 Å². The topological polar surface area (TPSA) is 68.7 Å². The quantitative estimate of drug-likeness (QED) is 0.899. The molecule has 7 heteroatoms. The van der Waals surface area contributed by atoms with Crippen LogP contribution in [0.25, 0.3) is 0 Å². The summed E-state index contributed by atoms with van der Waals surface area (Å²) in [5.74, 6) is 2.29. The molecule has 4 heterocycles. The SMILES string of the molecule is Cc1nc(NCC2CCCO2)cc(N2CCC3(CC2)OCCO3)n1. The molecule has 1 spiro atoms. The summed E-state index contributed by atoms with van der Waals surface area (Å²) in [6, 6.07) is 2.04. The van der Waals surface area contributed by atoms with Crippen LogP contribution in [0.15, 0.2) is 6.07 Å². The fourth-order valence-corrected chi connectivity index (χ4v) is 3.69. The highest BCUT2D eigenvalue weighted by Gasteiger charge is 2.40. The molecule has 3 fully saturated rings. The van der Waals surface area contributed by atoms with E-state index < -0.39 is 0 Å². The van der Waals surface area contributed by atoms with Gasteiger partial charge in [0.2, 0.25) is 0 Å². The van der Waals surface area contributed by atoms with E-state index >= 15 is 0 Å². The highest BCUT2D eigenvalue weighted by molar-refractivity contribution is 5.49. The number of nitrogens with one attached hydrogen (secondary N) is 1. The van der Waals surface area contributed by atoms with Crippen LogP contribution in [0.3, 0.4) is 0 Å². The molecule has 0 aliphatic carbocycles. The Morgan fingerprint density at radius 1 is 1.21 bits per heavy atom. The third kappa shape index (κ3) is 3.48. The van der Waals surface area contributed by atoms with E-state index in [0.29, 0.717) is 19.3 Å². The highest BCUT2D eigenvalue weighted by atomic mass is 16.7. The number of anilines is 2. The van der Waals surface area contributed by atoms with E-state index in [4.69, 9.17) is 14.2 Å². The zero-order chi connectivity index (χ0) is 16.4. The molecule has 0 aromatic carbocycles. The van der Waals surface area contributed by atoms with Gasteiger partial charge in [-0.3, -0.25) is 0 Å². The second-order valence-corrected chi connectivity index (χ2v) is 6.77. The molecule has 0 amide bonds. The van der Waals surface area contributed by atoms with Crippen molar-refractivity contribution in [1.29, 1.82) is 0 Å². The van der Waals surface area contributed by atoms with E-state index in [1.54, 1.807) is 0 Å². The lowest BCUT2D eigenvalue weighted by molar-refractivity contribution is -0.169. The third-order valence-electron chi connectivity index (χ3n) is 5.02. The average Bonchev–Trinajstić information content (AvgIpc) is 3.26. The molecule has 3 saturated heterocycles. The summed E-state index contributed by atoms with van der Waals surface area (Å²) in [4.78, 5) is 11.4. The van der Waals surface area contributed by atoms with Crippen molar-refractivity contribution < 1.29 is 14.2 Å². The van der Waals surface area contributed by atoms with Crippen LogP contribution >= 0.6 is 0 Å². The van der Waals surface area contributed by atoms with Crippen LogP contribution in [0.2, 0.25) is 0 Å². The predicted molar refractivity (Wildman–Crippen MR) is 90.3 cm³/mol.